The Kier molecular flexibility index (Phi) is 4.70. The fraction of sp³-hybridized carbons (Fsp3) is 0.208. The van der Waals surface area contributed by atoms with E-state index in [4.69, 9.17) is 4.74 Å². The Labute approximate surface area is 183 Å². The second kappa shape index (κ2) is 7.56. The van der Waals surface area contributed by atoms with Gasteiger partial charge in [0.2, 0.25) is 5.78 Å². The number of ether oxygens (including phenoxy) is 1. The van der Waals surface area contributed by atoms with Crippen LogP contribution < -0.4 is 16.0 Å². The third kappa shape index (κ3) is 3.11. The summed E-state index contributed by atoms with van der Waals surface area (Å²) in [6.45, 7) is 2.78. The number of methoxy groups -OCH3 is 1. The van der Waals surface area contributed by atoms with Crippen molar-refractivity contribution in [1.29, 1.82) is 0 Å². The topological polar surface area (TPSA) is 75.5 Å². The van der Waals surface area contributed by atoms with Crippen LogP contribution in [-0.2, 0) is 20.1 Å². The molecule has 0 radical (unpaired) electrons. The van der Waals surface area contributed by atoms with Gasteiger partial charge in [-0.25, -0.2) is 4.79 Å². The lowest BCUT2D eigenvalue weighted by molar-refractivity contribution is 0.414. The highest BCUT2D eigenvalue weighted by molar-refractivity contribution is 5.75. The summed E-state index contributed by atoms with van der Waals surface area (Å²) >= 11 is 0. The van der Waals surface area contributed by atoms with Gasteiger partial charge in [-0.3, -0.25) is 18.3 Å². The van der Waals surface area contributed by atoms with Crippen molar-refractivity contribution in [3.05, 3.63) is 98.5 Å². The highest BCUT2D eigenvalue weighted by Gasteiger charge is 2.20. The Morgan fingerprint density at radius 2 is 1.56 bits per heavy atom. The molecule has 3 heterocycles. The zero-order chi connectivity index (χ0) is 22.4. The van der Waals surface area contributed by atoms with Crippen molar-refractivity contribution in [2.24, 2.45) is 7.05 Å². The van der Waals surface area contributed by atoms with Crippen LogP contribution in [-0.4, -0.2) is 30.2 Å². The number of aryl methyl sites for hydroxylation is 2. The molecule has 0 saturated carbocycles. The Morgan fingerprint density at radius 3 is 2.25 bits per heavy atom. The van der Waals surface area contributed by atoms with Crippen LogP contribution in [0.25, 0.3) is 16.9 Å². The monoisotopic (exact) mass is 429 g/mol. The number of benzene rings is 2. The molecule has 0 amide bonds. The first-order valence-corrected chi connectivity index (χ1v) is 10.3. The van der Waals surface area contributed by atoms with Crippen LogP contribution in [0.1, 0.15) is 16.8 Å². The number of aromatic nitrogens is 5. The first kappa shape index (κ1) is 19.9. The smallest absolute Gasteiger partial charge is 0.332 e. The molecule has 2 aromatic carbocycles. The first-order chi connectivity index (χ1) is 15.5. The predicted octanol–water partition coefficient (Wildman–Crippen LogP) is 2.56. The van der Waals surface area contributed by atoms with Gasteiger partial charge in [-0.15, -0.1) is 0 Å². The molecule has 8 heteroatoms. The molecular formula is C24H23N5O3. The van der Waals surface area contributed by atoms with Crippen LogP contribution in [0.3, 0.4) is 0 Å². The van der Waals surface area contributed by atoms with Gasteiger partial charge in [-0.05, 0) is 30.2 Å². The zero-order valence-electron chi connectivity index (χ0n) is 18.1. The van der Waals surface area contributed by atoms with Crippen LogP contribution in [0.2, 0.25) is 0 Å². The van der Waals surface area contributed by atoms with Crippen molar-refractivity contribution in [3.63, 3.8) is 0 Å². The highest BCUT2D eigenvalue weighted by Crippen LogP contribution is 2.19. The van der Waals surface area contributed by atoms with Gasteiger partial charge in [0.25, 0.3) is 5.56 Å². The van der Waals surface area contributed by atoms with E-state index in [1.165, 1.54) is 9.13 Å². The zero-order valence-corrected chi connectivity index (χ0v) is 18.1. The molecule has 0 N–H and O–H groups in total. The maximum Gasteiger partial charge on any atom is 0.332 e. The number of hydrogen-bond donors (Lipinski definition) is 0. The van der Waals surface area contributed by atoms with Gasteiger partial charge in [0, 0.05) is 18.9 Å². The fourth-order valence-electron chi connectivity index (χ4n) is 4.07. The van der Waals surface area contributed by atoms with Crippen LogP contribution in [0.4, 0.5) is 0 Å². The standard InChI is InChI=1S/C24H23N5O3/c1-16-13-28-20-21(25-23(28)27(16)14-18-9-11-19(32-3)12-10-18)26(2)24(31)29(22(20)30)15-17-7-5-4-6-8-17/h4-13H,14-15H2,1-3H3. The molecule has 0 aliphatic rings. The molecule has 0 atom stereocenters. The SMILES string of the molecule is COc1ccc(Cn2c(C)cn3c4c(=O)n(Cc5ccccc5)c(=O)n(C)c4nc23)cc1. The van der Waals surface area contributed by atoms with E-state index in [1.54, 1.807) is 18.6 Å². The van der Waals surface area contributed by atoms with Gasteiger partial charge in [0.1, 0.15) is 5.75 Å². The first-order valence-electron chi connectivity index (χ1n) is 10.3. The molecule has 0 unspecified atom stereocenters. The van der Waals surface area contributed by atoms with Crippen molar-refractivity contribution < 1.29 is 4.74 Å². The third-order valence-electron chi connectivity index (χ3n) is 5.82. The molecule has 0 aliphatic heterocycles. The van der Waals surface area contributed by atoms with Gasteiger partial charge < -0.3 is 9.30 Å². The number of hydrogen-bond acceptors (Lipinski definition) is 4. The van der Waals surface area contributed by atoms with Crippen molar-refractivity contribution in [2.75, 3.05) is 7.11 Å². The van der Waals surface area contributed by atoms with Crippen LogP contribution in [0.15, 0.2) is 70.4 Å². The Hall–Kier alpha value is -4.07. The average molecular weight is 429 g/mol. The Bertz CT molecular complexity index is 1550. The van der Waals surface area contributed by atoms with Gasteiger partial charge in [0.15, 0.2) is 11.2 Å². The van der Waals surface area contributed by atoms with Gasteiger partial charge >= 0.3 is 5.69 Å². The van der Waals surface area contributed by atoms with E-state index in [0.29, 0.717) is 23.5 Å². The minimum atomic E-state index is -0.384. The van der Waals surface area contributed by atoms with E-state index >= 15 is 0 Å². The van der Waals surface area contributed by atoms with Crippen molar-refractivity contribution in [1.82, 2.24) is 23.1 Å². The normalized spacial score (nSPS) is 11.5. The summed E-state index contributed by atoms with van der Waals surface area (Å²) in [6, 6.07) is 17.3. The second-order valence-electron chi connectivity index (χ2n) is 7.88. The van der Waals surface area contributed by atoms with Gasteiger partial charge in [-0.1, -0.05) is 42.5 Å². The van der Waals surface area contributed by atoms with Gasteiger partial charge in [-0.2, -0.15) is 4.98 Å². The summed E-state index contributed by atoms with van der Waals surface area (Å²) in [5, 5.41) is 0. The Morgan fingerprint density at radius 1 is 0.906 bits per heavy atom. The second-order valence-corrected chi connectivity index (χ2v) is 7.88. The molecule has 0 saturated heterocycles. The van der Waals surface area contributed by atoms with Crippen LogP contribution in [0, 0.1) is 6.92 Å². The number of nitrogens with zero attached hydrogens (tertiary/aromatic N) is 5. The van der Waals surface area contributed by atoms with Crippen molar-refractivity contribution >= 4 is 16.9 Å². The minimum Gasteiger partial charge on any atom is -0.497 e. The fourth-order valence-corrected chi connectivity index (χ4v) is 4.07. The molecule has 5 rings (SSSR count). The molecular weight excluding hydrogens is 406 g/mol. The Balaban J connectivity index is 1.67. The molecule has 0 spiro atoms. The predicted molar refractivity (Wildman–Crippen MR) is 123 cm³/mol. The van der Waals surface area contributed by atoms with Gasteiger partial charge in [0.05, 0.1) is 20.2 Å². The summed E-state index contributed by atoms with van der Waals surface area (Å²) in [6.07, 6.45) is 1.90. The van der Waals surface area contributed by atoms with E-state index in [9.17, 15) is 9.59 Å². The third-order valence-corrected chi connectivity index (χ3v) is 5.82. The quantitative estimate of drug-likeness (QED) is 0.430. The molecule has 32 heavy (non-hydrogen) atoms. The summed E-state index contributed by atoms with van der Waals surface area (Å²) in [7, 11) is 3.29. The molecule has 5 aromatic rings. The largest absolute Gasteiger partial charge is 0.497 e. The average Bonchev–Trinajstić information content (AvgIpc) is 3.32. The summed E-state index contributed by atoms with van der Waals surface area (Å²) in [4.78, 5) is 31.0. The molecule has 0 bridgehead atoms. The van der Waals surface area contributed by atoms with Crippen LogP contribution in [0.5, 0.6) is 5.75 Å². The lowest BCUT2D eigenvalue weighted by Crippen LogP contribution is -2.39. The molecule has 0 fully saturated rings. The van der Waals surface area contributed by atoms with E-state index in [1.807, 2.05) is 72.3 Å². The van der Waals surface area contributed by atoms with Crippen molar-refractivity contribution in [3.8, 4) is 5.75 Å². The van der Waals surface area contributed by atoms with E-state index in [0.717, 1.165) is 22.6 Å². The number of imidazole rings is 2. The molecule has 8 nitrogen and oxygen atoms in total. The van der Waals surface area contributed by atoms with E-state index < -0.39 is 0 Å². The summed E-state index contributed by atoms with van der Waals surface area (Å²) in [5.74, 6) is 1.42. The highest BCUT2D eigenvalue weighted by atomic mass is 16.5. The maximum absolute atomic E-state index is 13.4. The number of rotatable bonds is 5. The van der Waals surface area contributed by atoms with E-state index in [2.05, 4.69) is 4.98 Å². The lowest BCUT2D eigenvalue weighted by Gasteiger charge is -2.08. The molecule has 0 aliphatic carbocycles. The lowest BCUT2D eigenvalue weighted by atomic mass is 10.2. The maximum atomic E-state index is 13.4. The number of fused-ring (bicyclic) bond motifs is 3. The summed E-state index contributed by atoms with van der Waals surface area (Å²) < 4.78 is 11.8. The molecule has 162 valence electrons. The van der Waals surface area contributed by atoms with Crippen LogP contribution >= 0.6 is 0 Å². The van der Waals surface area contributed by atoms with E-state index in [-0.39, 0.29) is 17.8 Å². The minimum absolute atomic E-state index is 0.209. The summed E-state index contributed by atoms with van der Waals surface area (Å²) in [5.41, 5.74) is 2.98. The molecule has 3 aromatic heterocycles. The van der Waals surface area contributed by atoms with Crippen molar-refractivity contribution in [2.45, 2.75) is 20.0 Å².